The van der Waals surface area contributed by atoms with Crippen LogP contribution in [-0.4, -0.2) is 41.7 Å². The van der Waals surface area contributed by atoms with Crippen LogP contribution in [-0.2, 0) is 16.4 Å². The molecule has 0 unspecified atom stereocenters. The summed E-state index contributed by atoms with van der Waals surface area (Å²) in [5.74, 6) is -1.06. The molecule has 0 aromatic heterocycles. The molecule has 27 heavy (non-hydrogen) atoms. The second-order valence-corrected chi connectivity index (χ2v) is 8.65. The number of sulfone groups is 1. The molecule has 1 saturated heterocycles. The van der Waals surface area contributed by atoms with E-state index in [9.17, 15) is 27.7 Å². The maximum atomic E-state index is 13.5. The van der Waals surface area contributed by atoms with E-state index in [0.29, 0.717) is 12.0 Å². The Morgan fingerprint density at radius 1 is 1.22 bits per heavy atom. The Bertz CT molecular complexity index is 976. The Morgan fingerprint density at radius 3 is 2.48 bits per heavy atom. The molecule has 0 radical (unpaired) electrons. The Morgan fingerprint density at radius 2 is 1.93 bits per heavy atom. The van der Waals surface area contributed by atoms with Crippen molar-refractivity contribution in [2.75, 3.05) is 11.5 Å². The molecule has 1 aliphatic rings. The van der Waals surface area contributed by atoms with Gasteiger partial charge in [-0.1, -0.05) is 12.1 Å². The number of non-ortho nitro benzene ring substituents is 1. The molecule has 2 aromatic carbocycles. The third-order valence-electron chi connectivity index (χ3n) is 4.48. The Balaban J connectivity index is 1.90. The normalized spacial score (nSPS) is 18.2. The van der Waals surface area contributed by atoms with Gasteiger partial charge in [-0.25, -0.2) is 12.8 Å². The number of rotatable bonds is 5. The molecule has 1 heterocycles. The monoisotopic (exact) mass is 392 g/mol. The van der Waals surface area contributed by atoms with Crippen LogP contribution in [0.5, 0.6) is 0 Å². The van der Waals surface area contributed by atoms with Crippen LogP contribution in [0.3, 0.4) is 0 Å². The van der Waals surface area contributed by atoms with Crippen molar-refractivity contribution in [1.82, 2.24) is 4.90 Å². The highest BCUT2D eigenvalue weighted by molar-refractivity contribution is 7.91. The molecule has 1 fully saturated rings. The Labute approximate surface area is 155 Å². The van der Waals surface area contributed by atoms with E-state index in [2.05, 4.69) is 0 Å². The molecule has 3 rings (SSSR count). The van der Waals surface area contributed by atoms with Gasteiger partial charge in [0.1, 0.15) is 5.82 Å². The van der Waals surface area contributed by atoms with E-state index < -0.39 is 32.5 Å². The van der Waals surface area contributed by atoms with E-state index in [0.717, 1.165) is 0 Å². The lowest BCUT2D eigenvalue weighted by molar-refractivity contribution is -0.384. The van der Waals surface area contributed by atoms with Crippen molar-refractivity contribution in [3.63, 3.8) is 0 Å². The van der Waals surface area contributed by atoms with Crippen molar-refractivity contribution in [3.05, 3.63) is 75.6 Å². The third kappa shape index (κ3) is 4.48. The first kappa shape index (κ1) is 19.0. The number of halogens is 1. The summed E-state index contributed by atoms with van der Waals surface area (Å²) in [5.41, 5.74) is 0.600. The molecule has 1 amide bonds. The van der Waals surface area contributed by atoms with Crippen LogP contribution in [0.1, 0.15) is 22.3 Å². The van der Waals surface area contributed by atoms with Gasteiger partial charge in [0.2, 0.25) is 0 Å². The molecule has 0 bridgehead atoms. The van der Waals surface area contributed by atoms with Gasteiger partial charge in [-0.3, -0.25) is 14.9 Å². The number of carbonyl (C=O) groups excluding carboxylic acids is 1. The number of hydrogen-bond acceptors (Lipinski definition) is 5. The summed E-state index contributed by atoms with van der Waals surface area (Å²) < 4.78 is 37.2. The Hall–Kier alpha value is -2.81. The first-order valence-electron chi connectivity index (χ1n) is 8.25. The van der Waals surface area contributed by atoms with E-state index in [1.807, 2.05) is 0 Å². The van der Waals surface area contributed by atoms with Crippen LogP contribution >= 0.6 is 0 Å². The summed E-state index contributed by atoms with van der Waals surface area (Å²) in [6, 6.07) is 10.3. The van der Waals surface area contributed by atoms with Crippen LogP contribution in [0.2, 0.25) is 0 Å². The summed E-state index contributed by atoms with van der Waals surface area (Å²) in [5, 5.41) is 10.8. The lowest BCUT2D eigenvalue weighted by Gasteiger charge is -2.28. The van der Waals surface area contributed by atoms with Crippen molar-refractivity contribution < 1.29 is 22.5 Å². The third-order valence-corrected chi connectivity index (χ3v) is 6.23. The zero-order chi connectivity index (χ0) is 19.6. The average Bonchev–Trinajstić information content (AvgIpc) is 2.99. The molecule has 2 aromatic rings. The second-order valence-electron chi connectivity index (χ2n) is 6.42. The Kier molecular flexibility index (Phi) is 5.22. The molecule has 142 valence electrons. The predicted octanol–water partition coefficient (Wildman–Crippen LogP) is 2.56. The summed E-state index contributed by atoms with van der Waals surface area (Å²) in [6.45, 7) is 0.0494. The van der Waals surface area contributed by atoms with Gasteiger partial charge in [-0.2, -0.15) is 0 Å². The summed E-state index contributed by atoms with van der Waals surface area (Å²) in [7, 11) is -3.23. The van der Waals surface area contributed by atoms with Gasteiger partial charge in [-0.15, -0.1) is 0 Å². The van der Waals surface area contributed by atoms with Crippen molar-refractivity contribution >= 4 is 21.4 Å². The minimum atomic E-state index is -3.23. The molecule has 0 saturated carbocycles. The largest absolute Gasteiger partial charge is 0.330 e. The van der Waals surface area contributed by atoms with Gasteiger partial charge in [0, 0.05) is 30.3 Å². The summed E-state index contributed by atoms with van der Waals surface area (Å²) >= 11 is 0. The fraction of sp³-hybridized carbons (Fsp3) is 0.278. The molecule has 1 aliphatic heterocycles. The standard InChI is InChI=1S/C18H17FN2O5S/c19-15-3-1-2-13(10-15)11-20(17-8-9-27(25,26)12-17)18(22)14-4-6-16(7-5-14)21(23)24/h1-7,10,17H,8-9,11-12H2/t17-/m1/s1. The van der Waals surface area contributed by atoms with E-state index in [1.165, 1.54) is 47.4 Å². The van der Waals surface area contributed by atoms with E-state index in [-0.39, 0.29) is 29.3 Å². The molecule has 0 N–H and O–H groups in total. The van der Waals surface area contributed by atoms with Gasteiger partial charge in [0.25, 0.3) is 11.6 Å². The fourth-order valence-corrected chi connectivity index (χ4v) is 4.84. The second kappa shape index (κ2) is 7.43. The lowest BCUT2D eigenvalue weighted by Crippen LogP contribution is -2.40. The molecule has 0 aliphatic carbocycles. The van der Waals surface area contributed by atoms with Crippen LogP contribution in [0.15, 0.2) is 48.5 Å². The number of hydrogen-bond donors (Lipinski definition) is 0. The first-order valence-corrected chi connectivity index (χ1v) is 10.1. The van der Waals surface area contributed by atoms with Gasteiger partial charge in [0.05, 0.1) is 16.4 Å². The number of nitro groups is 1. The van der Waals surface area contributed by atoms with Gasteiger partial charge in [0.15, 0.2) is 9.84 Å². The molecule has 0 spiro atoms. The number of nitro benzene ring substituents is 1. The smallest absolute Gasteiger partial charge is 0.269 e. The maximum Gasteiger partial charge on any atom is 0.269 e. The fourth-order valence-electron chi connectivity index (χ4n) is 3.11. The molecule has 1 atom stereocenters. The molecular formula is C18H17FN2O5S. The number of nitrogens with zero attached hydrogens (tertiary/aromatic N) is 2. The van der Waals surface area contributed by atoms with Gasteiger partial charge < -0.3 is 4.90 Å². The van der Waals surface area contributed by atoms with Crippen LogP contribution in [0.25, 0.3) is 0 Å². The number of carbonyl (C=O) groups is 1. The summed E-state index contributed by atoms with van der Waals surface area (Å²) in [6.07, 6.45) is 0.302. The minimum Gasteiger partial charge on any atom is -0.330 e. The zero-order valence-corrected chi connectivity index (χ0v) is 15.1. The van der Waals surface area contributed by atoms with Crippen molar-refractivity contribution in [3.8, 4) is 0 Å². The van der Waals surface area contributed by atoms with Crippen molar-refractivity contribution in [2.45, 2.75) is 19.0 Å². The molecular weight excluding hydrogens is 375 g/mol. The van der Waals surface area contributed by atoms with Gasteiger partial charge >= 0.3 is 0 Å². The average molecular weight is 392 g/mol. The van der Waals surface area contributed by atoms with Crippen molar-refractivity contribution in [2.24, 2.45) is 0 Å². The maximum absolute atomic E-state index is 13.5. The number of amides is 1. The SMILES string of the molecule is O=C(c1ccc([N+](=O)[O-])cc1)N(Cc1cccc(F)c1)[C@@H]1CCS(=O)(=O)C1. The highest BCUT2D eigenvalue weighted by Gasteiger charge is 2.35. The molecule has 9 heteroatoms. The van der Waals surface area contributed by atoms with Crippen LogP contribution in [0, 0.1) is 15.9 Å². The van der Waals surface area contributed by atoms with E-state index in [1.54, 1.807) is 6.07 Å². The first-order chi connectivity index (χ1) is 12.7. The highest BCUT2D eigenvalue weighted by Crippen LogP contribution is 2.23. The number of benzene rings is 2. The van der Waals surface area contributed by atoms with Crippen LogP contribution < -0.4 is 0 Å². The predicted molar refractivity (Wildman–Crippen MR) is 96.4 cm³/mol. The lowest BCUT2D eigenvalue weighted by atomic mass is 10.1. The quantitative estimate of drug-likeness (QED) is 0.575. The zero-order valence-electron chi connectivity index (χ0n) is 14.2. The van der Waals surface area contributed by atoms with E-state index >= 15 is 0 Å². The van der Waals surface area contributed by atoms with E-state index in [4.69, 9.17) is 0 Å². The van der Waals surface area contributed by atoms with Crippen molar-refractivity contribution in [1.29, 1.82) is 0 Å². The topological polar surface area (TPSA) is 97.6 Å². The van der Waals surface area contributed by atoms with Gasteiger partial charge in [-0.05, 0) is 36.2 Å². The molecule has 7 nitrogen and oxygen atoms in total. The minimum absolute atomic E-state index is 0.00907. The summed E-state index contributed by atoms with van der Waals surface area (Å²) in [4.78, 5) is 24.6. The van der Waals surface area contributed by atoms with Crippen LogP contribution in [0.4, 0.5) is 10.1 Å². The highest BCUT2D eigenvalue weighted by atomic mass is 32.2.